The Bertz CT molecular complexity index is 3880. The predicted octanol–water partition coefficient (Wildman–Crippen LogP) is 18.4. The van der Waals surface area contributed by atoms with Crippen LogP contribution in [0.15, 0.2) is 255 Å². The van der Waals surface area contributed by atoms with Gasteiger partial charge in [-0.15, -0.1) is 0 Å². The molecule has 0 fully saturated rings. The number of rotatable bonds is 8. The van der Waals surface area contributed by atoms with E-state index in [9.17, 15) is 0 Å². The normalized spacial score (nSPS) is 12.6. The topological polar surface area (TPSA) is 8.17 Å². The van der Waals surface area contributed by atoms with Gasteiger partial charge in [0.05, 0.1) is 16.9 Å². The molecule has 1 heterocycles. The van der Waals surface area contributed by atoms with Crippen molar-refractivity contribution in [1.29, 1.82) is 0 Å². The minimum atomic E-state index is -0.245. The van der Waals surface area contributed by atoms with Crippen LogP contribution in [0.2, 0.25) is 0 Å². The molecule has 0 unspecified atom stereocenters. The Morgan fingerprint density at radius 3 is 1.64 bits per heavy atom. The molecule has 0 spiro atoms. The fraction of sp³-hybridized carbons (Fsp3) is 0.0448. The van der Waals surface area contributed by atoms with Crippen LogP contribution in [0.1, 0.15) is 25.0 Å². The van der Waals surface area contributed by atoms with Gasteiger partial charge in [0.2, 0.25) is 0 Å². The van der Waals surface area contributed by atoms with Crippen LogP contribution in [-0.4, -0.2) is 4.57 Å². The highest BCUT2D eigenvalue weighted by atomic mass is 15.1. The molecule has 0 N–H and O–H groups in total. The molecule has 1 aliphatic rings. The van der Waals surface area contributed by atoms with Gasteiger partial charge in [0, 0.05) is 44.2 Å². The molecule has 2 heteroatoms. The summed E-state index contributed by atoms with van der Waals surface area (Å²) in [5, 5.41) is 6.13. The molecule has 0 amide bonds. The third-order valence-electron chi connectivity index (χ3n) is 14.6. The Balaban J connectivity index is 0.975. The van der Waals surface area contributed by atoms with Gasteiger partial charge >= 0.3 is 0 Å². The first kappa shape index (κ1) is 40.5. The monoisotopic (exact) mass is 880 g/mol. The van der Waals surface area contributed by atoms with E-state index >= 15 is 0 Å². The Morgan fingerprint density at radius 2 is 0.899 bits per heavy atom. The summed E-state index contributed by atoms with van der Waals surface area (Å²) in [6.07, 6.45) is 0. The summed E-state index contributed by atoms with van der Waals surface area (Å²) in [6, 6.07) is 93.6. The minimum absolute atomic E-state index is 0.245. The van der Waals surface area contributed by atoms with E-state index in [0.717, 1.165) is 17.1 Å². The van der Waals surface area contributed by atoms with E-state index in [0.29, 0.717) is 0 Å². The van der Waals surface area contributed by atoms with E-state index in [-0.39, 0.29) is 5.41 Å². The van der Waals surface area contributed by atoms with Gasteiger partial charge in [0.25, 0.3) is 0 Å². The molecule has 0 saturated carbocycles. The number of hydrogen-bond acceptors (Lipinski definition) is 1. The highest BCUT2D eigenvalue weighted by Gasteiger charge is 2.37. The number of fused-ring (bicyclic) bond motifs is 7. The highest BCUT2D eigenvalue weighted by molar-refractivity contribution is 6.18. The summed E-state index contributed by atoms with van der Waals surface area (Å²) in [5.74, 6) is 0. The molecule has 12 aromatic rings. The summed E-state index contributed by atoms with van der Waals surface area (Å²) >= 11 is 0. The first-order valence-corrected chi connectivity index (χ1v) is 24.0. The van der Waals surface area contributed by atoms with Crippen molar-refractivity contribution in [3.05, 3.63) is 266 Å². The Hall–Kier alpha value is -8.72. The molecule has 11 aromatic carbocycles. The molecule has 0 radical (unpaired) electrons. The SMILES string of the molecule is CC1(C)c2cc(-c3cccc4c3ccc3c(-c5ccccc5)c(-c5ccccc5)n(-c5ccc(-c6ccccc6)cc5)c34)ccc2-c2ccc(N(c3ccccc3)c3cccc4ccccc34)cc21. The lowest BCUT2D eigenvalue weighted by molar-refractivity contribution is 0.660. The van der Waals surface area contributed by atoms with Crippen molar-refractivity contribution >= 4 is 49.5 Å². The maximum Gasteiger partial charge on any atom is 0.0620 e. The van der Waals surface area contributed by atoms with Gasteiger partial charge in [0.15, 0.2) is 0 Å². The van der Waals surface area contributed by atoms with Gasteiger partial charge in [-0.05, 0) is 115 Å². The molecule has 69 heavy (non-hydrogen) atoms. The third-order valence-corrected chi connectivity index (χ3v) is 14.6. The van der Waals surface area contributed by atoms with Crippen LogP contribution in [0.4, 0.5) is 17.1 Å². The molecule has 0 atom stereocenters. The lowest BCUT2D eigenvalue weighted by atomic mass is 9.81. The highest BCUT2D eigenvalue weighted by Crippen LogP contribution is 2.53. The van der Waals surface area contributed by atoms with Crippen molar-refractivity contribution in [2.24, 2.45) is 0 Å². The van der Waals surface area contributed by atoms with Gasteiger partial charge in [-0.3, -0.25) is 0 Å². The second-order valence-electron chi connectivity index (χ2n) is 18.9. The predicted molar refractivity (Wildman–Crippen MR) is 292 cm³/mol. The molecular formula is C67H48N2. The zero-order valence-electron chi connectivity index (χ0n) is 38.6. The average Bonchev–Trinajstić information content (AvgIpc) is 3.88. The molecule has 2 nitrogen and oxygen atoms in total. The second-order valence-corrected chi connectivity index (χ2v) is 18.9. The van der Waals surface area contributed by atoms with Crippen LogP contribution in [0, 0.1) is 0 Å². The average molecular weight is 881 g/mol. The maximum atomic E-state index is 2.52. The zero-order chi connectivity index (χ0) is 46.1. The number of hydrogen-bond donors (Lipinski definition) is 0. The Kier molecular flexibility index (Phi) is 9.55. The minimum Gasteiger partial charge on any atom is -0.310 e. The molecule has 0 saturated heterocycles. The van der Waals surface area contributed by atoms with E-state index in [1.54, 1.807) is 0 Å². The number of para-hydroxylation sites is 1. The van der Waals surface area contributed by atoms with E-state index in [2.05, 4.69) is 278 Å². The molecule has 1 aromatic heterocycles. The molecule has 1 aliphatic carbocycles. The van der Waals surface area contributed by atoms with E-state index in [1.165, 1.54) is 105 Å². The van der Waals surface area contributed by atoms with Crippen molar-refractivity contribution in [2.45, 2.75) is 19.3 Å². The number of benzene rings is 11. The second kappa shape index (κ2) is 16.3. The van der Waals surface area contributed by atoms with Crippen molar-refractivity contribution in [3.63, 3.8) is 0 Å². The molecule has 13 rings (SSSR count). The Morgan fingerprint density at radius 1 is 0.348 bits per heavy atom. The van der Waals surface area contributed by atoms with Crippen LogP contribution < -0.4 is 4.90 Å². The fourth-order valence-electron chi connectivity index (χ4n) is 11.3. The zero-order valence-corrected chi connectivity index (χ0v) is 38.6. The van der Waals surface area contributed by atoms with Crippen molar-refractivity contribution in [3.8, 4) is 61.5 Å². The van der Waals surface area contributed by atoms with Crippen LogP contribution in [0.5, 0.6) is 0 Å². The van der Waals surface area contributed by atoms with Crippen LogP contribution >= 0.6 is 0 Å². The van der Waals surface area contributed by atoms with Gasteiger partial charge < -0.3 is 9.47 Å². The molecule has 326 valence electrons. The van der Waals surface area contributed by atoms with E-state index in [1.807, 2.05) is 0 Å². The fourth-order valence-corrected chi connectivity index (χ4v) is 11.3. The lowest BCUT2D eigenvalue weighted by Gasteiger charge is -2.29. The summed E-state index contributed by atoms with van der Waals surface area (Å²) in [6.45, 7) is 4.80. The Labute approximate surface area is 403 Å². The number of aromatic nitrogens is 1. The summed E-state index contributed by atoms with van der Waals surface area (Å²) in [4.78, 5) is 2.42. The van der Waals surface area contributed by atoms with Crippen LogP contribution in [0.25, 0.3) is 93.9 Å². The number of anilines is 3. The van der Waals surface area contributed by atoms with E-state index < -0.39 is 0 Å². The third kappa shape index (κ3) is 6.63. The summed E-state index contributed by atoms with van der Waals surface area (Å²) < 4.78 is 2.52. The van der Waals surface area contributed by atoms with Crippen molar-refractivity contribution in [1.82, 2.24) is 4.57 Å². The van der Waals surface area contributed by atoms with Crippen molar-refractivity contribution in [2.75, 3.05) is 4.90 Å². The lowest BCUT2D eigenvalue weighted by Crippen LogP contribution is -2.16. The van der Waals surface area contributed by atoms with Crippen LogP contribution in [-0.2, 0) is 5.41 Å². The van der Waals surface area contributed by atoms with Gasteiger partial charge in [0.1, 0.15) is 0 Å². The first-order valence-electron chi connectivity index (χ1n) is 24.0. The summed E-state index contributed by atoms with van der Waals surface area (Å²) in [5.41, 5.74) is 20.5. The maximum absolute atomic E-state index is 2.52. The number of nitrogens with zero attached hydrogens (tertiary/aromatic N) is 2. The molecule has 0 aliphatic heterocycles. The molecular weight excluding hydrogens is 833 g/mol. The van der Waals surface area contributed by atoms with E-state index in [4.69, 9.17) is 0 Å². The van der Waals surface area contributed by atoms with Crippen LogP contribution in [0.3, 0.4) is 0 Å². The largest absolute Gasteiger partial charge is 0.310 e. The quantitative estimate of drug-likeness (QED) is 0.148. The standard InChI is InChI=1S/C67H48N2/c1-67(2)61-43-50(35-39-57(61)58-40-38-53(44-62(58)67)68(51-27-13-6-14-28-51)63-32-17-26-47-21-15-16-29-55(47)63)54-30-18-31-59-56(54)41-42-60-64(48-22-9-4-10-23-48)65(49-24-11-5-12-25-49)69(66(59)60)52-36-33-46(34-37-52)45-19-7-3-8-20-45/h3-44H,1-2H3. The van der Waals surface area contributed by atoms with Gasteiger partial charge in [-0.1, -0.05) is 220 Å². The summed E-state index contributed by atoms with van der Waals surface area (Å²) in [7, 11) is 0. The smallest absolute Gasteiger partial charge is 0.0620 e. The van der Waals surface area contributed by atoms with Crippen molar-refractivity contribution < 1.29 is 0 Å². The van der Waals surface area contributed by atoms with Gasteiger partial charge in [-0.25, -0.2) is 0 Å². The first-order chi connectivity index (χ1) is 34.0. The van der Waals surface area contributed by atoms with Gasteiger partial charge in [-0.2, -0.15) is 0 Å². The molecule has 0 bridgehead atoms.